The molecule has 3 rings (SSSR count). The quantitative estimate of drug-likeness (QED) is 0.872. The molecule has 1 aliphatic heterocycles. The number of nitrogens with one attached hydrogen (secondary N) is 1. The van der Waals surface area contributed by atoms with Gasteiger partial charge >= 0.3 is 6.03 Å². The molecule has 0 radical (unpaired) electrons. The van der Waals surface area contributed by atoms with Crippen LogP contribution in [0, 0.1) is 6.92 Å². The Balaban J connectivity index is 1.74. The number of anilines is 2. The number of imide groups is 1. The number of aryl methyl sites for hydroxylation is 1. The number of amides is 4. The van der Waals surface area contributed by atoms with Gasteiger partial charge in [-0.25, -0.2) is 4.79 Å². The fourth-order valence-corrected chi connectivity index (χ4v) is 2.84. The van der Waals surface area contributed by atoms with Gasteiger partial charge in [-0.2, -0.15) is 0 Å². The van der Waals surface area contributed by atoms with Crippen LogP contribution in [0.15, 0.2) is 54.6 Å². The maximum absolute atomic E-state index is 12.6. The fraction of sp³-hybridized carbons (Fsp3) is 0.211. The van der Waals surface area contributed by atoms with Crippen LogP contribution in [0.2, 0.25) is 0 Å². The summed E-state index contributed by atoms with van der Waals surface area (Å²) in [6.45, 7) is 3.23. The van der Waals surface area contributed by atoms with Crippen LogP contribution in [0.1, 0.15) is 12.5 Å². The average Bonchev–Trinajstić information content (AvgIpc) is 2.81. The molecule has 6 nitrogen and oxygen atoms in total. The van der Waals surface area contributed by atoms with Gasteiger partial charge in [-0.15, -0.1) is 0 Å². The maximum atomic E-state index is 12.6. The third-order valence-electron chi connectivity index (χ3n) is 4.20. The number of carbonyl (C=O) groups excluding carboxylic acids is 3. The van der Waals surface area contributed by atoms with Crippen molar-refractivity contribution >= 4 is 29.2 Å². The second kappa shape index (κ2) is 6.76. The summed E-state index contributed by atoms with van der Waals surface area (Å²) in [5, 5.41) is 2.74. The van der Waals surface area contributed by atoms with E-state index in [1.807, 2.05) is 31.2 Å². The highest BCUT2D eigenvalue weighted by Gasteiger charge is 2.43. The molecule has 0 bridgehead atoms. The molecule has 1 heterocycles. The van der Waals surface area contributed by atoms with Crippen LogP contribution in [0.25, 0.3) is 0 Å². The van der Waals surface area contributed by atoms with Gasteiger partial charge in [0.25, 0.3) is 5.91 Å². The topological polar surface area (TPSA) is 69.7 Å². The van der Waals surface area contributed by atoms with E-state index in [1.165, 1.54) is 4.90 Å². The number of hydrogen-bond acceptors (Lipinski definition) is 3. The normalized spacial score (nSPS) is 17.1. The lowest BCUT2D eigenvalue weighted by Gasteiger charge is -2.19. The highest BCUT2D eigenvalue weighted by atomic mass is 16.2. The van der Waals surface area contributed by atoms with Crippen molar-refractivity contribution < 1.29 is 14.4 Å². The van der Waals surface area contributed by atoms with Gasteiger partial charge in [-0.1, -0.05) is 36.4 Å². The fourth-order valence-electron chi connectivity index (χ4n) is 2.84. The molecule has 1 N–H and O–H groups in total. The largest absolute Gasteiger partial charge is 0.332 e. The summed E-state index contributed by atoms with van der Waals surface area (Å²) in [6.07, 6.45) is 0. The van der Waals surface area contributed by atoms with Crippen molar-refractivity contribution in [2.24, 2.45) is 0 Å². The first kappa shape index (κ1) is 16.7. The van der Waals surface area contributed by atoms with Crippen molar-refractivity contribution in [3.05, 3.63) is 60.2 Å². The summed E-state index contributed by atoms with van der Waals surface area (Å²) in [5.74, 6) is -0.785. The standard InChI is InChI=1S/C19H19N3O3/c1-13-8-6-7-11-16(13)20-17(23)12-21-18(24)14(2)22(19(21)25)15-9-4-3-5-10-15/h3-11,14H,12H2,1-2H3,(H,20,23). The molecule has 1 atom stereocenters. The zero-order chi connectivity index (χ0) is 18.0. The third-order valence-corrected chi connectivity index (χ3v) is 4.20. The van der Waals surface area contributed by atoms with Gasteiger partial charge in [0.2, 0.25) is 5.91 Å². The second-order valence-electron chi connectivity index (χ2n) is 5.95. The zero-order valence-corrected chi connectivity index (χ0v) is 14.1. The van der Waals surface area contributed by atoms with E-state index in [9.17, 15) is 14.4 Å². The molecule has 6 heteroatoms. The Kier molecular flexibility index (Phi) is 4.52. The van der Waals surface area contributed by atoms with E-state index in [2.05, 4.69) is 5.32 Å². The SMILES string of the molecule is Cc1ccccc1NC(=O)CN1C(=O)C(C)N(c2ccccc2)C1=O. The van der Waals surface area contributed by atoms with E-state index in [1.54, 1.807) is 37.3 Å². The molecule has 4 amide bonds. The molecule has 0 spiro atoms. The number of benzene rings is 2. The number of hydrogen-bond donors (Lipinski definition) is 1. The molecule has 0 saturated carbocycles. The molecule has 1 saturated heterocycles. The Hall–Kier alpha value is -3.15. The van der Waals surface area contributed by atoms with Gasteiger partial charge < -0.3 is 5.32 Å². The predicted octanol–water partition coefficient (Wildman–Crippen LogP) is 2.79. The minimum absolute atomic E-state index is 0.306. The van der Waals surface area contributed by atoms with E-state index in [-0.39, 0.29) is 12.5 Å². The Bertz CT molecular complexity index is 820. The van der Waals surface area contributed by atoms with Crippen LogP contribution in [-0.2, 0) is 9.59 Å². The van der Waals surface area contributed by atoms with Gasteiger partial charge in [-0.05, 0) is 37.6 Å². The van der Waals surface area contributed by atoms with Crippen molar-refractivity contribution in [1.29, 1.82) is 0 Å². The summed E-state index contributed by atoms with van der Waals surface area (Å²) in [7, 11) is 0. The summed E-state index contributed by atoms with van der Waals surface area (Å²) >= 11 is 0. The van der Waals surface area contributed by atoms with E-state index in [0.717, 1.165) is 10.5 Å². The van der Waals surface area contributed by atoms with E-state index in [0.29, 0.717) is 11.4 Å². The summed E-state index contributed by atoms with van der Waals surface area (Å²) < 4.78 is 0. The Morgan fingerprint density at radius 3 is 2.36 bits per heavy atom. The highest BCUT2D eigenvalue weighted by molar-refractivity contribution is 6.16. The smallest absolute Gasteiger partial charge is 0.324 e. The zero-order valence-electron chi connectivity index (χ0n) is 14.1. The second-order valence-corrected chi connectivity index (χ2v) is 5.95. The lowest BCUT2D eigenvalue weighted by atomic mass is 10.2. The molecular weight excluding hydrogens is 318 g/mol. The molecule has 2 aromatic carbocycles. The molecule has 25 heavy (non-hydrogen) atoms. The lowest BCUT2D eigenvalue weighted by Crippen LogP contribution is -2.39. The van der Waals surface area contributed by atoms with Crippen LogP contribution >= 0.6 is 0 Å². The Labute approximate surface area is 146 Å². The van der Waals surface area contributed by atoms with Gasteiger partial charge in [0.05, 0.1) is 0 Å². The highest BCUT2D eigenvalue weighted by Crippen LogP contribution is 2.25. The number of carbonyl (C=O) groups is 3. The van der Waals surface area contributed by atoms with Gasteiger partial charge in [0.1, 0.15) is 12.6 Å². The molecule has 0 aliphatic carbocycles. The molecule has 2 aromatic rings. The minimum Gasteiger partial charge on any atom is -0.324 e. The Morgan fingerprint density at radius 2 is 1.68 bits per heavy atom. The predicted molar refractivity (Wildman–Crippen MR) is 95.3 cm³/mol. The molecule has 1 fully saturated rings. The lowest BCUT2D eigenvalue weighted by molar-refractivity contribution is -0.130. The molecular formula is C19H19N3O3. The Morgan fingerprint density at radius 1 is 1.04 bits per heavy atom. The number of nitrogens with zero attached hydrogens (tertiary/aromatic N) is 2. The number of para-hydroxylation sites is 2. The van der Waals surface area contributed by atoms with E-state index in [4.69, 9.17) is 0 Å². The third kappa shape index (κ3) is 3.24. The van der Waals surface area contributed by atoms with E-state index >= 15 is 0 Å². The molecule has 0 aromatic heterocycles. The van der Waals surface area contributed by atoms with Crippen molar-refractivity contribution in [2.75, 3.05) is 16.8 Å². The first-order valence-electron chi connectivity index (χ1n) is 8.04. The van der Waals surface area contributed by atoms with Crippen molar-refractivity contribution in [2.45, 2.75) is 19.9 Å². The molecule has 1 unspecified atom stereocenters. The van der Waals surface area contributed by atoms with Crippen LogP contribution in [-0.4, -0.2) is 35.3 Å². The van der Waals surface area contributed by atoms with Gasteiger partial charge in [-0.3, -0.25) is 19.4 Å². The molecule has 128 valence electrons. The van der Waals surface area contributed by atoms with Gasteiger partial charge in [0, 0.05) is 11.4 Å². The van der Waals surface area contributed by atoms with Crippen molar-refractivity contribution in [3.63, 3.8) is 0 Å². The van der Waals surface area contributed by atoms with Crippen molar-refractivity contribution in [3.8, 4) is 0 Å². The van der Waals surface area contributed by atoms with Crippen molar-refractivity contribution in [1.82, 2.24) is 4.90 Å². The average molecular weight is 337 g/mol. The van der Waals surface area contributed by atoms with Crippen LogP contribution < -0.4 is 10.2 Å². The first-order valence-corrected chi connectivity index (χ1v) is 8.04. The summed E-state index contributed by atoms with van der Waals surface area (Å²) in [4.78, 5) is 39.8. The first-order chi connectivity index (χ1) is 12.0. The number of rotatable bonds is 4. The monoisotopic (exact) mass is 337 g/mol. The summed E-state index contributed by atoms with van der Waals surface area (Å²) in [6, 6.07) is 15.2. The number of urea groups is 1. The maximum Gasteiger partial charge on any atom is 0.332 e. The van der Waals surface area contributed by atoms with E-state index < -0.39 is 18.0 Å². The van der Waals surface area contributed by atoms with Crippen LogP contribution in [0.4, 0.5) is 16.2 Å². The van der Waals surface area contributed by atoms with Gasteiger partial charge in [0.15, 0.2) is 0 Å². The minimum atomic E-state index is -0.638. The summed E-state index contributed by atoms with van der Waals surface area (Å²) in [5.41, 5.74) is 2.21. The van der Waals surface area contributed by atoms with Crippen LogP contribution in [0.5, 0.6) is 0 Å². The molecule has 1 aliphatic rings. The van der Waals surface area contributed by atoms with Crippen LogP contribution in [0.3, 0.4) is 0 Å².